The standard InChI is InChI=1S/C11H21NO10/c1-4(14)12-7-5(15)2-10(18,11(19,20)21)22-9(7)8(17)6(16)3-13/h5-9,13,15-21H,2-3H2,1H3,(H,12,14)/t5-,6+,7+,8+,9+,10-/m0/s1. The van der Waals surface area contributed by atoms with Crippen molar-refractivity contribution in [1.82, 2.24) is 5.32 Å². The van der Waals surface area contributed by atoms with Gasteiger partial charge in [-0.2, -0.15) is 0 Å². The summed E-state index contributed by atoms with van der Waals surface area (Å²) < 4.78 is 4.82. The normalized spacial score (nSPS) is 35.8. The van der Waals surface area contributed by atoms with Crippen LogP contribution in [0.5, 0.6) is 0 Å². The van der Waals surface area contributed by atoms with Crippen LogP contribution >= 0.6 is 0 Å². The minimum atomic E-state index is -3.78. The van der Waals surface area contributed by atoms with E-state index in [0.717, 1.165) is 6.92 Å². The third kappa shape index (κ3) is 3.90. The van der Waals surface area contributed by atoms with Gasteiger partial charge in [0, 0.05) is 13.3 Å². The molecule has 0 unspecified atom stereocenters. The topological polar surface area (TPSA) is 200 Å². The van der Waals surface area contributed by atoms with Crippen LogP contribution < -0.4 is 5.32 Å². The highest BCUT2D eigenvalue weighted by atomic mass is 16.8. The molecule has 1 rings (SSSR count). The lowest BCUT2D eigenvalue weighted by atomic mass is 9.88. The van der Waals surface area contributed by atoms with Crippen molar-refractivity contribution >= 4 is 5.91 Å². The maximum Gasteiger partial charge on any atom is 0.333 e. The molecule has 0 aromatic rings. The van der Waals surface area contributed by atoms with Gasteiger partial charge in [0.05, 0.1) is 18.8 Å². The van der Waals surface area contributed by atoms with Crippen molar-refractivity contribution in [2.75, 3.05) is 6.61 Å². The highest BCUT2D eigenvalue weighted by Gasteiger charge is 2.59. The van der Waals surface area contributed by atoms with Crippen LogP contribution in [0.3, 0.4) is 0 Å². The Labute approximate surface area is 125 Å². The van der Waals surface area contributed by atoms with Crippen LogP contribution in [0, 0.1) is 0 Å². The number of ether oxygens (including phenoxy) is 1. The van der Waals surface area contributed by atoms with E-state index in [0.29, 0.717) is 0 Å². The van der Waals surface area contributed by atoms with Crippen LogP contribution in [-0.4, -0.2) is 95.6 Å². The fraction of sp³-hybridized carbons (Fsp3) is 0.909. The predicted molar refractivity (Wildman–Crippen MR) is 66.5 cm³/mol. The van der Waals surface area contributed by atoms with E-state index in [1.807, 2.05) is 0 Å². The molecular formula is C11H21NO10. The molecule has 9 N–H and O–H groups in total. The third-order valence-corrected chi connectivity index (χ3v) is 3.40. The number of carbonyl (C=O) groups is 1. The molecule has 11 nitrogen and oxygen atoms in total. The minimum Gasteiger partial charge on any atom is -0.394 e. The van der Waals surface area contributed by atoms with Crippen LogP contribution in [0.1, 0.15) is 13.3 Å². The average molecular weight is 327 g/mol. The molecule has 130 valence electrons. The fourth-order valence-electron chi connectivity index (χ4n) is 2.21. The molecule has 0 bridgehead atoms. The second-order valence-corrected chi connectivity index (χ2v) is 5.24. The summed E-state index contributed by atoms with van der Waals surface area (Å²) in [4.78, 5) is 11.1. The number of carbonyl (C=O) groups excluding carboxylic acids is 1. The summed E-state index contributed by atoms with van der Waals surface area (Å²) in [7, 11) is 0. The van der Waals surface area contributed by atoms with Gasteiger partial charge < -0.3 is 50.9 Å². The maximum atomic E-state index is 11.1. The number of nitrogens with one attached hydrogen (secondary N) is 1. The first-order chi connectivity index (χ1) is 9.93. The van der Waals surface area contributed by atoms with Crippen molar-refractivity contribution in [3.63, 3.8) is 0 Å². The minimum absolute atomic E-state index is 0.642. The van der Waals surface area contributed by atoms with Crippen molar-refractivity contribution in [2.24, 2.45) is 0 Å². The first-order valence-electron chi connectivity index (χ1n) is 6.42. The van der Waals surface area contributed by atoms with Crippen molar-refractivity contribution in [3.8, 4) is 0 Å². The van der Waals surface area contributed by atoms with Crippen molar-refractivity contribution in [1.29, 1.82) is 0 Å². The van der Waals surface area contributed by atoms with Gasteiger partial charge in [-0.1, -0.05) is 0 Å². The lowest BCUT2D eigenvalue weighted by Crippen LogP contribution is -2.71. The number of hydrogen-bond donors (Lipinski definition) is 9. The van der Waals surface area contributed by atoms with Gasteiger partial charge in [-0.3, -0.25) is 4.79 Å². The summed E-state index contributed by atoms with van der Waals surface area (Å²) >= 11 is 0. The lowest BCUT2D eigenvalue weighted by molar-refractivity contribution is -0.479. The third-order valence-electron chi connectivity index (χ3n) is 3.40. The van der Waals surface area contributed by atoms with E-state index in [1.54, 1.807) is 0 Å². The van der Waals surface area contributed by atoms with E-state index < -0.39 is 61.2 Å². The molecular weight excluding hydrogens is 306 g/mol. The number of hydrogen-bond acceptors (Lipinski definition) is 10. The monoisotopic (exact) mass is 327 g/mol. The van der Waals surface area contributed by atoms with Gasteiger partial charge in [0.15, 0.2) is 0 Å². The van der Waals surface area contributed by atoms with E-state index in [4.69, 9.17) is 25.2 Å². The van der Waals surface area contributed by atoms with Gasteiger partial charge in [0.2, 0.25) is 5.91 Å². The number of aliphatic hydroxyl groups is 8. The summed E-state index contributed by atoms with van der Waals surface area (Å²) in [5.74, 6) is -7.52. The molecule has 0 aromatic heterocycles. The Hall–Kier alpha value is -0.890. The van der Waals surface area contributed by atoms with E-state index in [9.17, 15) is 25.2 Å². The van der Waals surface area contributed by atoms with Crippen molar-refractivity contribution in [2.45, 2.75) is 55.6 Å². The van der Waals surface area contributed by atoms with Crippen LogP contribution in [0.2, 0.25) is 0 Å². The molecule has 0 aliphatic carbocycles. The smallest absolute Gasteiger partial charge is 0.333 e. The molecule has 1 heterocycles. The highest BCUT2D eigenvalue weighted by Crippen LogP contribution is 2.35. The van der Waals surface area contributed by atoms with Crippen LogP contribution in [0.25, 0.3) is 0 Å². The summed E-state index contributed by atoms with van der Waals surface area (Å²) in [6.07, 6.45) is -8.04. The fourth-order valence-corrected chi connectivity index (χ4v) is 2.21. The Kier molecular flexibility index (Phi) is 5.83. The van der Waals surface area contributed by atoms with Crippen LogP contribution in [0.15, 0.2) is 0 Å². The molecule has 22 heavy (non-hydrogen) atoms. The SMILES string of the molecule is CC(=O)N[C@H]1[C@H]([C@H](O)[C@H](O)CO)O[C@](O)(C(O)(O)O)C[C@@H]1O. The Morgan fingerprint density at radius 3 is 2.36 bits per heavy atom. The van der Waals surface area contributed by atoms with E-state index >= 15 is 0 Å². The molecule has 0 radical (unpaired) electrons. The summed E-state index contributed by atoms with van der Waals surface area (Å²) in [5.41, 5.74) is 0. The van der Waals surface area contributed by atoms with Crippen LogP contribution in [0.4, 0.5) is 0 Å². The van der Waals surface area contributed by atoms with Crippen LogP contribution in [-0.2, 0) is 9.53 Å². The first-order valence-corrected chi connectivity index (χ1v) is 6.42. The molecule has 1 aliphatic heterocycles. The van der Waals surface area contributed by atoms with Crippen molar-refractivity contribution in [3.05, 3.63) is 0 Å². The summed E-state index contributed by atoms with van der Waals surface area (Å²) in [5, 5.41) is 77.6. The van der Waals surface area contributed by atoms with Crippen molar-refractivity contribution < 1.29 is 50.4 Å². The first kappa shape index (κ1) is 19.2. The molecule has 0 saturated carbocycles. The van der Waals surface area contributed by atoms with Gasteiger partial charge in [-0.15, -0.1) is 0 Å². The Balaban J connectivity index is 3.13. The average Bonchev–Trinajstić information content (AvgIpc) is 2.38. The summed E-state index contributed by atoms with van der Waals surface area (Å²) in [6, 6.07) is -1.35. The largest absolute Gasteiger partial charge is 0.394 e. The molecule has 1 aliphatic rings. The van der Waals surface area contributed by atoms with Gasteiger partial charge in [-0.25, -0.2) is 0 Å². The second-order valence-electron chi connectivity index (χ2n) is 5.24. The van der Waals surface area contributed by atoms with Gasteiger partial charge >= 0.3 is 5.97 Å². The zero-order valence-electron chi connectivity index (χ0n) is 11.7. The molecule has 1 saturated heterocycles. The predicted octanol–water partition coefficient (Wildman–Crippen LogP) is -5.33. The van der Waals surface area contributed by atoms with E-state index in [1.165, 1.54) is 0 Å². The molecule has 11 heteroatoms. The van der Waals surface area contributed by atoms with E-state index in [-0.39, 0.29) is 0 Å². The van der Waals surface area contributed by atoms with Gasteiger partial charge in [0.25, 0.3) is 5.79 Å². The Morgan fingerprint density at radius 2 is 1.95 bits per heavy atom. The molecule has 0 aromatic carbocycles. The maximum absolute atomic E-state index is 11.1. The quantitative estimate of drug-likeness (QED) is 0.219. The number of aliphatic hydroxyl groups excluding tert-OH is 4. The number of amides is 1. The Bertz CT molecular complexity index is 399. The molecule has 6 atom stereocenters. The van der Waals surface area contributed by atoms with Gasteiger partial charge in [0.1, 0.15) is 18.3 Å². The molecule has 0 spiro atoms. The zero-order chi connectivity index (χ0) is 17.3. The lowest BCUT2D eigenvalue weighted by Gasteiger charge is -2.48. The molecule has 1 fully saturated rings. The summed E-state index contributed by atoms with van der Waals surface area (Å²) in [6.45, 7) is 0.179. The number of rotatable bonds is 5. The Morgan fingerprint density at radius 1 is 1.41 bits per heavy atom. The molecule has 1 amide bonds. The second kappa shape index (κ2) is 6.70. The zero-order valence-corrected chi connectivity index (χ0v) is 11.7. The van der Waals surface area contributed by atoms with E-state index in [2.05, 4.69) is 5.32 Å². The van der Waals surface area contributed by atoms with Gasteiger partial charge in [-0.05, 0) is 0 Å². The highest BCUT2D eigenvalue weighted by molar-refractivity contribution is 5.73.